The molecule has 1 amide bonds. The van der Waals surface area contributed by atoms with E-state index in [1.807, 2.05) is 48.5 Å². The Bertz CT molecular complexity index is 975. The van der Waals surface area contributed by atoms with Crippen molar-refractivity contribution in [1.29, 1.82) is 0 Å². The number of hydrazone groups is 1. The molecule has 3 aromatic rings. The smallest absolute Gasteiger partial charge is 0.271 e. The number of amides is 1. The van der Waals surface area contributed by atoms with Gasteiger partial charge in [-0.2, -0.15) is 5.10 Å². The van der Waals surface area contributed by atoms with Crippen molar-refractivity contribution in [3.63, 3.8) is 0 Å². The molecule has 0 fully saturated rings. The first-order chi connectivity index (χ1) is 13.7. The van der Waals surface area contributed by atoms with Crippen LogP contribution in [0.3, 0.4) is 0 Å². The summed E-state index contributed by atoms with van der Waals surface area (Å²) >= 11 is 3.34. The maximum atomic E-state index is 12.1. The molecule has 5 nitrogen and oxygen atoms in total. The van der Waals surface area contributed by atoms with Crippen LogP contribution in [0.2, 0.25) is 0 Å². The van der Waals surface area contributed by atoms with Gasteiger partial charge >= 0.3 is 0 Å². The number of methoxy groups -OCH3 is 1. The van der Waals surface area contributed by atoms with Gasteiger partial charge in [0.25, 0.3) is 5.91 Å². The van der Waals surface area contributed by atoms with E-state index in [-0.39, 0.29) is 5.91 Å². The van der Waals surface area contributed by atoms with E-state index in [9.17, 15) is 4.79 Å². The first kappa shape index (κ1) is 19.6. The van der Waals surface area contributed by atoms with Gasteiger partial charge in [0.15, 0.2) is 11.5 Å². The van der Waals surface area contributed by atoms with Crippen LogP contribution in [0.5, 0.6) is 11.5 Å². The number of ether oxygens (including phenoxy) is 2. The van der Waals surface area contributed by atoms with Crippen LogP contribution in [-0.2, 0) is 6.61 Å². The third kappa shape index (κ3) is 5.44. The second-order valence-corrected chi connectivity index (χ2v) is 6.81. The molecule has 0 heterocycles. The Hall–Kier alpha value is -3.12. The Labute approximate surface area is 172 Å². The minimum Gasteiger partial charge on any atom is -0.493 e. The Kier molecular flexibility index (Phi) is 6.81. The van der Waals surface area contributed by atoms with Gasteiger partial charge < -0.3 is 9.47 Å². The van der Waals surface area contributed by atoms with Gasteiger partial charge in [-0.3, -0.25) is 4.79 Å². The zero-order valence-corrected chi connectivity index (χ0v) is 16.8. The van der Waals surface area contributed by atoms with Crippen LogP contribution in [0.4, 0.5) is 0 Å². The molecule has 0 spiro atoms. The summed E-state index contributed by atoms with van der Waals surface area (Å²) in [5.41, 5.74) is 4.88. The molecule has 0 saturated heterocycles. The molecule has 0 atom stereocenters. The van der Waals surface area contributed by atoms with E-state index in [4.69, 9.17) is 9.47 Å². The van der Waals surface area contributed by atoms with E-state index in [0.29, 0.717) is 23.7 Å². The summed E-state index contributed by atoms with van der Waals surface area (Å²) in [6.45, 7) is 0.452. The van der Waals surface area contributed by atoms with Crippen molar-refractivity contribution in [2.24, 2.45) is 5.10 Å². The van der Waals surface area contributed by atoms with E-state index in [1.54, 1.807) is 37.6 Å². The monoisotopic (exact) mass is 438 g/mol. The van der Waals surface area contributed by atoms with Gasteiger partial charge in [0, 0.05) is 10.0 Å². The fourth-order valence-corrected chi connectivity index (χ4v) is 2.88. The maximum Gasteiger partial charge on any atom is 0.271 e. The summed E-state index contributed by atoms with van der Waals surface area (Å²) in [4.78, 5) is 12.1. The van der Waals surface area contributed by atoms with E-state index in [1.165, 1.54) is 0 Å². The van der Waals surface area contributed by atoms with Gasteiger partial charge in [-0.15, -0.1) is 0 Å². The van der Waals surface area contributed by atoms with E-state index in [0.717, 1.165) is 15.6 Å². The number of rotatable bonds is 7. The molecule has 6 heteroatoms. The lowest BCUT2D eigenvalue weighted by Gasteiger charge is -2.11. The molecule has 0 aliphatic carbocycles. The number of benzene rings is 3. The van der Waals surface area contributed by atoms with Crippen molar-refractivity contribution >= 4 is 28.1 Å². The van der Waals surface area contributed by atoms with Crippen molar-refractivity contribution in [2.75, 3.05) is 7.11 Å². The van der Waals surface area contributed by atoms with Crippen molar-refractivity contribution < 1.29 is 14.3 Å². The highest BCUT2D eigenvalue weighted by molar-refractivity contribution is 9.10. The molecule has 0 radical (unpaired) electrons. The average Bonchev–Trinajstić information content (AvgIpc) is 2.73. The Morgan fingerprint density at radius 2 is 1.86 bits per heavy atom. The summed E-state index contributed by atoms with van der Waals surface area (Å²) in [5, 5.41) is 4.01. The number of carbonyl (C=O) groups is 1. The molecule has 28 heavy (non-hydrogen) atoms. The van der Waals surface area contributed by atoms with Crippen molar-refractivity contribution in [1.82, 2.24) is 5.43 Å². The SMILES string of the molecule is COc1cc(/C=N/NC(=O)c2cccc(Br)c2)ccc1OCc1ccccc1. The number of nitrogens with zero attached hydrogens (tertiary/aromatic N) is 1. The van der Waals surface area contributed by atoms with Gasteiger partial charge in [-0.1, -0.05) is 52.3 Å². The molecular weight excluding hydrogens is 420 g/mol. The number of halogens is 1. The molecule has 0 saturated carbocycles. The Balaban J connectivity index is 1.62. The van der Waals surface area contributed by atoms with Crippen molar-refractivity contribution in [3.05, 3.63) is 94.0 Å². The number of hydrogen-bond acceptors (Lipinski definition) is 4. The lowest BCUT2D eigenvalue weighted by Crippen LogP contribution is -2.17. The zero-order valence-electron chi connectivity index (χ0n) is 15.3. The first-order valence-electron chi connectivity index (χ1n) is 8.59. The minimum atomic E-state index is -0.285. The predicted molar refractivity (Wildman–Crippen MR) is 113 cm³/mol. The summed E-state index contributed by atoms with van der Waals surface area (Å²) in [6, 6.07) is 22.5. The van der Waals surface area contributed by atoms with E-state index >= 15 is 0 Å². The largest absolute Gasteiger partial charge is 0.493 e. The average molecular weight is 439 g/mol. The van der Waals surface area contributed by atoms with Gasteiger partial charge in [-0.05, 0) is 47.5 Å². The highest BCUT2D eigenvalue weighted by atomic mass is 79.9. The number of nitrogens with one attached hydrogen (secondary N) is 1. The Morgan fingerprint density at radius 1 is 1.04 bits per heavy atom. The van der Waals surface area contributed by atoms with Crippen molar-refractivity contribution in [2.45, 2.75) is 6.61 Å². The first-order valence-corrected chi connectivity index (χ1v) is 9.39. The summed E-state index contributed by atoms with van der Waals surface area (Å²) in [5.74, 6) is 0.951. The lowest BCUT2D eigenvalue weighted by molar-refractivity contribution is 0.0955. The van der Waals surface area contributed by atoms with Gasteiger partial charge in [0.2, 0.25) is 0 Å². The van der Waals surface area contributed by atoms with Crippen molar-refractivity contribution in [3.8, 4) is 11.5 Å². The quantitative estimate of drug-likeness (QED) is 0.425. The third-order valence-corrected chi connectivity index (χ3v) is 4.38. The Morgan fingerprint density at radius 3 is 2.61 bits per heavy atom. The molecule has 0 aliphatic heterocycles. The van der Waals surface area contributed by atoms with Crippen LogP contribution in [0.25, 0.3) is 0 Å². The zero-order chi connectivity index (χ0) is 19.8. The molecule has 3 rings (SSSR count). The van der Waals surface area contributed by atoms with Crippen LogP contribution in [0, 0.1) is 0 Å². The molecule has 1 N–H and O–H groups in total. The lowest BCUT2D eigenvalue weighted by atomic mass is 10.2. The molecule has 3 aromatic carbocycles. The summed E-state index contributed by atoms with van der Waals surface area (Å²) < 4.78 is 12.1. The second-order valence-electron chi connectivity index (χ2n) is 5.89. The normalized spacial score (nSPS) is 10.6. The summed E-state index contributed by atoms with van der Waals surface area (Å²) in [7, 11) is 1.58. The molecule has 0 unspecified atom stereocenters. The van der Waals surface area contributed by atoms with Crippen LogP contribution < -0.4 is 14.9 Å². The van der Waals surface area contributed by atoms with Crippen LogP contribution in [-0.4, -0.2) is 19.2 Å². The van der Waals surface area contributed by atoms with E-state index in [2.05, 4.69) is 26.5 Å². The van der Waals surface area contributed by atoms with Crippen LogP contribution >= 0.6 is 15.9 Å². The number of carbonyl (C=O) groups excluding carboxylic acids is 1. The highest BCUT2D eigenvalue weighted by Crippen LogP contribution is 2.28. The molecule has 0 aromatic heterocycles. The maximum absolute atomic E-state index is 12.1. The minimum absolute atomic E-state index is 0.285. The van der Waals surface area contributed by atoms with Gasteiger partial charge in [0.1, 0.15) is 6.61 Å². The molecule has 0 bridgehead atoms. The highest BCUT2D eigenvalue weighted by Gasteiger charge is 2.07. The third-order valence-electron chi connectivity index (χ3n) is 3.89. The molecule has 0 aliphatic rings. The van der Waals surface area contributed by atoms with E-state index < -0.39 is 0 Å². The van der Waals surface area contributed by atoms with Crippen LogP contribution in [0.1, 0.15) is 21.5 Å². The van der Waals surface area contributed by atoms with Crippen LogP contribution in [0.15, 0.2) is 82.4 Å². The number of hydrogen-bond donors (Lipinski definition) is 1. The van der Waals surface area contributed by atoms with Gasteiger partial charge in [0.05, 0.1) is 13.3 Å². The summed E-state index contributed by atoms with van der Waals surface area (Å²) in [6.07, 6.45) is 1.55. The predicted octanol–water partition coefficient (Wildman–Crippen LogP) is 4.80. The van der Waals surface area contributed by atoms with Gasteiger partial charge in [-0.25, -0.2) is 5.43 Å². The standard InChI is InChI=1S/C22H19BrN2O3/c1-27-21-12-17(10-11-20(21)28-15-16-6-3-2-4-7-16)14-24-25-22(26)18-8-5-9-19(23)13-18/h2-14H,15H2,1H3,(H,25,26)/b24-14+. The molecule has 142 valence electrons. The fourth-order valence-electron chi connectivity index (χ4n) is 2.48. The topological polar surface area (TPSA) is 59.9 Å². The molecular formula is C22H19BrN2O3. The fraction of sp³-hybridized carbons (Fsp3) is 0.0909. The second kappa shape index (κ2) is 9.71.